The molecule has 144 valence electrons. The molecule has 9 heteroatoms. The van der Waals surface area contributed by atoms with Crippen molar-refractivity contribution < 1.29 is 18.8 Å². The van der Waals surface area contributed by atoms with Crippen LogP contribution in [0, 0.1) is 11.3 Å². The molecule has 0 radical (unpaired) electrons. The predicted octanol–water partition coefficient (Wildman–Crippen LogP) is 2.98. The normalized spacial score (nSPS) is 14.8. The third-order valence-electron chi connectivity index (χ3n) is 3.10. The minimum Gasteiger partial charge on any atom is -0.319 e. The largest absolute Gasteiger partial charge is 0.386 e. The van der Waals surface area contributed by atoms with E-state index in [1.807, 2.05) is 34.9 Å². The van der Waals surface area contributed by atoms with Gasteiger partial charge in [0.1, 0.15) is 0 Å². The van der Waals surface area contributed by atoms with Crippen LogP contribution in [-0.4, -0.2) is 55.3 Å². The van der Waals surface area contributed by atoms with Crippen LogP contribution in [-0.2, 0) is 13.9 Å². The van der Waals surface area contributed by atoms with E-state index in [1.165, 1.54) is 11.8 Å². The fourth-order valence-corrected chi connectivity index (χ4v) is 5.45. The van der Waals surface area contributed by atoms with Crippen LogP contribution in [0.15, 0.2) is 0 Å². The summed E-state index contributed by atoms with van der Waals surface area (Å²) in [5, 5.41) is 6.33. The van der Waals surface area contributed by atoms with Gasteiger partial charge < -0.3 is 20.1 Å². The first kappa shape index (κ1) is 24.4. The summed E-state index contributed by atoms with van der Waals surface area (Å²) in [4.78, 5) is 21.6. The van der Waals surface area contributed by atoms with Crippen molar-refractivity contribution >= 4 is 35.1 Å². The summed E-state index contributed by atoms with van der Waals surface area (Å²) in [6, 6.07) is 0. The number of thioether (sulfide) groups is 1. The van der Waals surface area contributed by atoms with Crippen LogP contribution >= 0.6 is 29.9 Å². The third kappa shape index (κ3) is 12.8. The quantitative estimate of drug-likeness (QED) is 0.321. The van der Waals surface area contributed by atoms with Gasteiger partial charge in [0, 0.05) is 16.9 Å². The van der Waals surface area contributed by atoms with Gasteiger partial charge in [-0.15, -0.1) is 0 Å². The number of unbranched alkanes of at least 4 members (excludes halogenated alkanes) is 1. The van der Waals surface area contributed by atoms with E-state index in [1.54, 1.807) is 0 Å². The van der Waals surface area contributed by atoms with Gasteiger partial charge in [0.05, 0.1) is 6.61 Å². The van der Waals surface area contributed by atoms with Crippen molar-refractivity contribution in [3.63, 3.8) is 0 Å². The van der Waals surface area contributed by atoms with Crippen LogP contribution in [0.1, 0.15) is 33.6 Å². The topological polar surface area (TPSA) is 87.7 Å². The van der Waals surface area contributed by atoms with Crippen molar-refractivity contribution in [2.24, 2.45) is 11.3 Å². The van der Waals surface area contributed by atoms with Crippen molar-refractivity contribution in [3.05, 3.63) is 0 Å². The molecule has 0 aromatic heterocycles. The van der Waals surface area contributed by atoms with Crippen molar-refractivity contribution in [1.82, 2.24) is 10.6 Å². The number of nitrogens with one attached hydrogen (secondary N) is 2. The van der Waals surface area contributed by atoms with E-state index >= 15 is 0 Å². The Morgan fingerprint density at radius 3 is 2.29 bits per heavy atom. The number of carbonyl (C=O) groups excluding carboxylic acids is 1. The number of carbonyl (C=O) groups is 1. The van der Waals surface area contributed by atoms with Gasteiger partial charge in [-0.1, -0.05) is 32.5 Å². The standard InChI is InChI=1S/C15H33N2O4PS2/c1-15(2,3)14(18)23-9-7-6-8-21-22(19,20)24-12-13(10-16-4)11-17-5/h13,16-17H,6-12H2,1-5H3,(H,19,20). The lowest BCUT2D eigenvalue weighted by atomic mass is 10.00. The second-order valence-electron chi connectivity index (χ2n) is 6.67. The molecule has 1 unspecified atom stereocenters. The second kappa shape index (κ2) is 12.7. The first-order valence-corrected chi connectivity index (χ1v) is 12.4. The maximum atomic E-state index is 12.0. The average Bonchev–Trinajstić information content (AvgIpc) is 2.47. The van der Waals surface area contributed by atoms with Gasteiger partial charge in [-0.3, -0.25) is 4.79 Å². The molecule has 0 rings (SSSR count). The highest BCUT2D eigenvalue weighted by Gasteiger charge is 2.23. The zero-order valence-corrected chi connectivity index (χ0v) is 18.0. The fourth-order valence-electron chi connectivity index (χ4n) is 1.77. The number of rotatable bonds is 13. The Hall–Kier alpha value is 0.440. The zero-order valence-electron chi connectivity index (χ0n) is 15.5. The lowest BCUT2D eigenvalue weighted by molar-refractivity contribution is -0.117. The van der Waals surface area contributed by atoms with E-state index in [2.05, 4.69) is 10.6 Å². The molecule has 0 aliphatic heterocycles. The van der Waals surface area contributed by atoms with Gasteiger partial charge >= 0.3 is 6.80 Å². The van der Waals surface area contributed by atoms with Crippen LogP contribution in [0.2, 0.25) is 0 Å². The summed E-state index contributed by atoms with van der Waals surface area (Å²) in [7, 11) is 3.73. The second-order valence-corrected chi connectivity index (χ2v) is 11.7. The molecule has 0 aromatic rings. The highest BCUT2D eigenvalue weighted by atomic mass is 32.7. The lowest BCUT2D eigenvalue weighted by Gasteiger charge is -2.18. The van der Waals surface area contributed by atoms with Crippen LogP contribution in [0.5, 0.6) is 0 Å². The molecular formula is C15H33N2O4PS2. The Balaban J connectivity index is 3.88. The molecule has 0 saturated heterocycles. The van der Waals surface area contributed by atoms with Gasteiger partial charge in [0.25, 0.3) is 0 Å². The van der Waals surface area contributed by atoms with Crippen LogP contribution in [0.4, 0.5) is 0 Å². The molecule has 0 aliphatic rings. The molecule has 0 aromatic carbocycles. The minimum absolute atomic E-state index is 0.173. The van der Waals surface area contributed by atoms with Crippen LogP contribution < -0.4 is 10.6 Å². The molecule has 0 amide bonds. The highest BCUT2D eigenvalue weighted by Crippen LogP contribution is 2.56. The molecule has 3 N–H and O–H groups in total. The van der Waals surface area contributed by atoms with E-state index in [0.717, 1.165) is 36.6 Å². The van der Waals surface area contributed by atoms with E-state index in [4.69, 9.17) is 4.52 Å². The smallest absolute Gasteiger partial charge is 0.319 e. The Labute approximate surface area is 154 Å². The van der Waals surface area contributed by atoms with Crippen LogP contribution in [0.3, 0.4) is 0 Å². The molecule has 0 heterocycles. The summed E-state index contributed by atoms with van der Waals surface area (Å²) in [6.45, 7) is 3.92. The van der Waals surface area contributed by atoms with Gasteiger partial charge in [0.15, 0.2) is 5.12 Å². The first-order chi connectivity index (χ1) is 11.1. The lowest BCUT2D eigenvalue weighted by Crippen LogP contribution is -2.29. The predicted molar refractivity (Wildman–Crippen MR) is 106 cm³/mol. The van der Waals surface area contributed by atoms with E-state index in [9.17, 15) is 14.3 Å². The third-order valence-corrected chi connectivity index (χ3v) is 7.66. The first-order valence-electron chi connectivity index (χ1n) is 8.20. The average molecular weight is 401 g/mol. The summed E-state index contributed by atoms with van der Waals surface area (Å²) < 4.78 is 17.1. The highest BCUT2D eigenvalue weighted by molar-refractivity contribution is 8.54. The van der Waals surface area contributed by atoms with Gasteiger partial charge in [-0.05, 0) is 57.3 Å². The maximum absolute atomic E-state index is 12.0. The van der Waals surface area contributed by atoms with Gasteiger partial charge in [-0.2, -0.15) is 0 Å². The Morgan fingerprint density at radius 2 is 1.79 bits per heavy atom. The van der Waals surface area contributed by atoms with Crippen LogP contribution in [0.25, 0.3) is 0 Å². The van der Waals surface area contributed by atoms with E-state index in [-0.39, 0.29) is 23.1 Å². The van der Waals surface area contributed by atoms with Crippen molar-refractivity contribution in [2.45, 2.75) is 33.6 Å². The molecule has 6 nitrogen and oxygen atoms in total. The number of hydrogen-bond donors (Lipinski definition) is 3. The Morgan fingerprint density at radius 1 is 1.21 bits per heavy atom. The summed E-state index contributed by atoms with van der Waals surface area (Å²) in [6.07, 6.45) is 1.46. The molecule has 0 fully saturated rings. The van der Waals surface area contributed by atoms with Crippen molar-refractivity contribution in [3.8, 4) is 0 Å². The minimum atomic E-state index is -3.60. The summed E-state index contributed by atoms with van der Waals surface area (Å²) in [5.74, 6) is 1.55. The van der Waals surface area contributed by atoms with E-state index < -0.39 is 6.80 Å². The van der Waals surface area contributed by atoms with E-state index in [0.29, 0.717) is 12.2 Å². The molecule has 24 heavy (non-hydrogen) atoms. The Kier molecular flexibility index (Phi) is 13.0. The Bertz CT molecular complexity index is 399. The number of hydrogen-bond acceptors (Lipinski definition) is 7. The maximum Gasteiger partial charge on any atom is 0.386 e. The molecule has 0 aliphatic carbocycles. The van der Waals surface area contributed by atoms with Gasteiger partial charge in [-0.25, -0.2) is 4.57 Å². The molecule has 1 atom stereocenters. The summed E-state index contributed by atoms with van der Waals surface area (Å²) >= 11 is 2.31. The van der Waals surface area contributed by atoms with Crippen molar-refractivity contribution in [2.75, 3.05) is 45.3 Å². The molecule has 0 bridgehead atoms. The zero-order chi connectivity index (χ0) is 18.6. The molecule has 0 spiro atoms. The van der Waals surface area contributed by atoms with Crippen molar-refractivity contribution in [1.29, 1.82) is 0 Å². The fraction of sp³-hybridized carbons (Fsp3) is 0.933. The van der Waals surface area contributed by atoms with Gasteiger partial charge in [0.2, 0.25) is 0 Å². The molecule has 0 saturated carbocycles. The SMILES string of the molecule is CNCC(CNC)CSP(=O)(O)OCCCCSC(=O)C(C)(C)C. The molecular weight excluding hydrogens is 367 g/mol. The monoisotopic (exact) mass is 400 g/mol. The summed E-state index contributed by atoms with van der Waals surface area (Å²) in [5.41, 5.74) is -0.324.